The summed E-state index contributed by atoms with van der Waals surface area (Å²) in [7, 11) is 2.04. The monoisotopic (exact) mass is 203 g/mol. The molecular weight excluding hydrogens is 182 g/mol. The van der Waals surface area contributed by atoms with Crippen molar-refractivity contribution >= 4 is 0 Å². The standard InChI is InChI=1S/C14H21N/c1-11-5-3-8-14-12(9-10-15-2)6-4-7-13(11)14/h3,5,8,12,15H,4,6-7,9-10H2,1-2H3. The van der Waals surface area contributed by atoms with Crippen LogP contribution in [-0.4, -0.2) is 13.6 Å². The molecule has 0 heterocycles. The van der Waals surface area contributed by atoms with Gasteiger partial charge in [-0.25, -0.2) is 0 Å². The number of hydrogen-bond acceptors (Lipinski definition) is 1. The number of benzene rings is 1. The topological polar surface area (TPSA) is 12.0 Å². The Bertz CT molecular complexity index is 330. The lowest BCUT2D eigenvalue weighted by atomic mass is 9.79. The van der Waals surface area contributed by atoms with Crippen LogP contribution in [0.3, 0.4) is 0 Å². The number of rotatable bonds is 3. The second-order valence-corrected chi connectivity index (χ2v) is 4.62. The van der Waals surface area contributed by atoms with E-state index in [1.54, 1.807) is 11.1 Å². The van der Waals surface area contributed by atoms with E-state index in [4.69, 9.17) is 0 Å². The fourth-order valence-corrected chi connectivity index (χ4v) is 2.75. The van der Waals surface area contributed by atoms with E-state index < -0.39 is 0 Å². The van der Waals surface area contributed by atoms with Crippen molar-refractivity contribution in [3.05, 3.63) is 34.9 Å². The van der Waals surface area contributed by atoms with Gasteiger partial charge < -0.3 is 5.32 Å². The molecule has 1 aliphatic rings. The first-order valence-electron chi connectivity index (χ1n) is 6.06. The summed E-state index contributed by atoms with van der Waals surface area (Å²) < 4.78 is 0. The van der Waals surface area contributed by atoms with Gasteiger partial charge in [0.15, 0.2) is 0 Å². The summed E-state index contributed by atoms with van der Waals surface area (Å²) in [5.41, 5.74) is 4.74. The van der Waals surface area contributed by atoms with Crippen molar-refractivity contribution in [2.45, 2.75) is 38.5 Å². The van der Waals surface area contributed by atoms with Crippen molar-refractivity contribution in [1.29, 1.82) is 0 Å². The van der Waals surface area contributed by atoms with E-state index in [-0.39, 0.29) is 0 Å². The molecule has 0 saturated carbocycles. The van der Waals surface area contributed by atoms with E-state index in [1.165, 1.54) is 31.2 Å². The average molecular weight is 203 g/mol. The average Bonchev–Trinajstić information content (AvgIpc) is 2.27. The van der Waals surface area contributed by atoms with E-state index in [1.807, 2.05) is 7.05 Å². The van der Waals surface area contributed by atoms with Gasteiger partial charge in [-0.2, -0.15) is 0 Å². The molecule has 0 saturated heterocycles. The molecule has 82 valence electrons. The number of fused-ring (bicyclic) bond motifs is 1. The van der Waals surface area contributed by atoms with Crippen molar-refractivity contribution in [1.82, 2.24) is 5.32 Å². The fourth-order valence-electron chi connectivity index (χ4n) is 2.75. The molecule has 1 nitrogen and oxygen atoms in total. The molecule has 1 aromatic carbocycles. The summed E-state index contributed by atoms with van der Waals surface area (Å²) in [6.07, 6.45) is 5.31. The van der Waals surface area contributed by atoms with Gasteiger partial charge in [0.05, 0.1) is 0 Å². The minimum absolute atomic E-state index is 0.793. The third kappa shape index (κ3) is 2.23. The van der Waals surface area contributed by atoms with Gasteiger partial charge >= 0.3 is 0 Å². The fraction of sp³-hybridized carbons (Fsp3) is 0.571. The van der Waals surface area contributed by atoms with Crippen molar-refractivity contribution < 1.29 is 0 Å². The highest BCUT2D eigenvalue weighted by atomic mass is 14.8. The number of aryl methyl sites for hydroxylation is 1. The normalized spacial score (nSPS) is 20.0. The predicted octanol–water partition coefficient (Wildman–Crippen LogP) is 3.02. The molecule has 1 N–H and O–H groups in total. The van der Waals surface area contributed by atoms with E-state index in [0.29, 0.717) is 0 Å². The van der Waals surface area contributed by atoms with Crippen molar-refractivity contribution in [3.63, 3.8) is 0 Å². The first-order chi connectivity index (χ1) is 7.33. The smallest absolute Gasteiger partial charge is 0.00461 e. The first-order valence-corrected chi connectivity index (χ1v) is 6.06. The first kappa shape index (κ1) is 10.7. The van der Waals surface area contributed by atoms with Crippen molar-refractivity contribution in [2.75, 3.05) is 13.6 Å². The van der Waals surface area contributed by atoms with Gasteiger partial charge in [-0.05, 0) is 68.8 Å². The van der Waals surface area contributed by atoms with Crippen LogP contribution in [0.2, 0.25) is 0 Å². The van der Waals surface area contributed by atoms with Crippen LogP contribution < -0.4 is 5.32 Å². The molecule has 1 heteroatoms. The lowest BCUT2D eigenvalue weighted by Gasteiger charge is -2.26. The molecule has 0 fully saturated rings. The lowest BCUT2D eigenvalue weighted by Crippen LogP contribution is -2.16. The van der Waals surface area contributed by atoms with E-state index in [0.717, 1.165) is 12.5 Å². The Hall–Kier alpha value is -0.820. The largest absolute Gasteiger partial charge is 0.320 e. The zero-order chi connectivity index (χ0) is 10.7. The summed E-state index contributed by atoms with van der Waals surface area (Å²) in [6, 6.07) is 6.80. The van der Waals surface area contributed by atoms with Gasteiger partial charge in [0.1, 0.15) is 0 Å². The Morgan fingerprint density at radius 3 is 3.07 bits per heavy atom. The molecule has 0 spiro atoms. The highest BCUT2D eigenvalue weighted by molar-refractivity contribution is 5.38. The van der Waals surface area contributed by atoms with Crippen LogP contribution in [0, 0.1) is 6.92 Å². The van der Waals surface area contributed by atoms with Crippen LogP contribution in [-0.2, 0) is 6.42 Å². The Balaban J connectivity index is 2.22. The summed E-state index contributed by atoms with van der Waals surface area (Å²) in [4.78, 5) is 0. The van der Waals surface area contributed by atoms with Gasteiger partial charge in [0, 0.05) is 0 Å². The molecule has 1 atom stereocenters. The van der Waals surface area contributed by atoms with Crippen LogP contribution in [0.4, 0.5) is 0 Å². The van der Waals surface area contributed by atoms with Gasteiger partial charge in [-0.3, -0.25) is 0 Å². The van der Waals surface area contributed by atoms with Crippen LogP contribution in [0.15, 0.2) is 18.2 Å². The molecule has 15 heavy (non-hydrogen) atoms. The molecule has 2 rings (SSSR count). The van der Waals surface area contributed by atoms with Crippen LogP contribution in [0.5, 0.6) is 0 Å². The zero-order valence-corrected chi connectivity index (χ0v) is 9.84. The number of nitrogens with one attached hydrogen (secondary N) is 1. The highest BCUT2D eigenvalue weighted by Crippen LogP contribution is 2.34. The Labute approximate surface area is 92.9 Å². The molecule has 0 bridgehead atoms. The Kier molecular flexibility index (Phi) is 3.42. The second-order valence-electron chi connectivity index (χ2n) is 4.62. The third-order valence-corrected chi connectivity index (χ3v) is 3.61. The van der Waals surface area contributed by atoms with Gasteiger partial charge in [-0.15, -0.1) is 0 Å². The molecular formula is C14H21N. The minimum atomic E-state index is 0.793. The summed E-state index contributed by atoms with van der Waals surface area (Å²) in [5.74, 6) is 0.793. The second kappa shape index (κ2) is 4.80. The zero-order valence-electron chi connectivity index (χ0n) is 9.84. The maximum Gasteiger partial charge on any atom is -0.00461 e. The molecule has 0 radical (unpaired) electrons. The maximum absolute atomic E-state index is 3.26. The molecule has 0 amide bonds. The summed E-state index contributed by atoms with van der Waals surface area (Å²) >= 11 is 0. The highest BCUT2D eigenvalue weighted by Gasteiger charge is 2.20. The quantitative estimate of drug-likeness (QED) is 0.796. The molecule has 0 aromatic heterocycles. The lowest BCUT2D eigenvalue weighted by molar-refractivity contribution is 0.509. The van der Waals surface area contributed by atoms with E-state index in [9.17, 15) is 0 Å². The van der Waals surface area contributed by atoms with Gasteiger partial charge in [0.25, 0.3) is 0 Å². The van der Waals surface area contributed by atoms with E-state index in [2.05, 4.69) is 30.4 Å². The minimum Gasteiger partial charge on any atom is -0.320 e. The SMILES string of the molecule is CNCCC1CCCc2c(C)cccc21. The van der Waals surface area contributed by atoms with Crippen LogP contribution in [0.1, 0.15) is 41.9 Å². The predicted molar refractivity (Wildman–Crippen MR) is 65.4 cm³/mol. The Morgan fingerprint density at radius 2 is 2.27 bits per heavy atom. The molecule has 1 aliphatic carbocycles. The molecule has 1 unspecified atom stereocenters. The molecule has 1 aromatic rings. The van der Waals surface area contributed by atoms with Gasteiger partial charge in [0.2, 0.25) is 0 Å². The summed E-state index contributed by atoms with van der Waals surface area (Å²) in [6.45, 7) is 3.39. The maximum atomic E-state index is 3.26. The van der Waals surface area contributed by atoms with Crippen molar-refractivity contribution in [2.24, 2.45) is 0 Å². The van der Waals surface area contributed by atoms with Crippen LogP contribution in [0.25, 0.3) is 0 Å². The van der Waals surface area contributed by atoms with E-state index >= 15 is 0 Å². The molecule has 0 aliphatic heterocycles. The van der Waals surface area contributed by atoms with Crippen LogP contribution >= 0.6 is 0 Å². The Morgan fingerprint density at radius 1 is 1.40 bits per heavy atom. The summed E-state index contributed by atoms with van der Waals surface area (Å²) in [5, 5.41) is 3.26. The third-order valence-electron chi connectivity index (χ3n) is 3.61. The van der Waals surface area contributed by atoms with Gasteiger partial charge in [-0.1, -0.05) is 18.2 Å². The van der Waals surface area contributed by atoms with Crippen molar-refractivity contribution in [3.8, 4) is 0 Å². The number of hydrogen-bond donors (Lipinski definition) is 1.